The van der Waals surface area contributed by atoms with E-state index in [2.05, 4.69) is 129 Å². The molecule has 0 saturated carbocycles. The lowest BCUT2D eigenvalue weighted by molar-refractivity contribution is 0.866. The third kappa shape index (κ3) is 8.59. The van der Waals surface area contributed by atoms with Gasteiger partial charge in [-0.25, -0.2) is 5.01 Å². The summed E-state index contributed by atoms with van der Waals surface area (Å²) in [4.78, 5) is 4.74. The second kappa shape index (κ2) is 16.6. The lowest BCUT2D eigenvalue weighted by Gasteiger charge is -2.22. The number of hydrazone groups is 1. The average molecular weight is 569 g/mol. The minimum atomic E-state index is 0.998. The fraction of sp³-hybridized carbons (Fsp3) is 0.205. The van der Waals surface area contributed by atoms with E-state index in [9.17, 15) is 0 Å². The van der Waals surface area contributed by atoms with Crippen LogP contribution in [0, 0.1) is 0 Å². The summed E-state index contributed by atoms with van der Waals surface area (Å²) in [5.41, 5.74) is 8.12. The van der Waals surface area contributed by atoms with Gasteiger partial charge in [-0.15, -0.1) is 0 Å². The Balaban J connectivity index is 1.56. The maximum absolute atomic E-state index is 4.73. The molecular formula is C39H44N4. The van der Waals surface area contributed by atoms with E-state index in [1.807, 2.05) is 59.8 Å². The zero-order valence-electron chi connectivity index (χ0n) is 26.0. The van der Waals surface area contributed by atoms with Gasteiger partial charge in [0.05, 0.1) is 11.4 Å². The van der Waals surface area contributed by atoms with Crippen molar-refractivity contribution in [2.45, 2.75) is 27.7 Å². The first kappa shape index (κ1) is 31.1. The Morgan fingerprint density at radius 1 is 0.488 bits per heavy atom. The van der Waals surface area contributed by atoms with Crippen molar-refractivity contribution in [3.63, 3.8) is 0 Å². The first-order chi connectivity index (χ1) is 21.2. The van der Waals surface area contributed by atoms with Crippen LogP contribution in [0.15, 0.2) is 145 Å². The zero-order chi connectivity index (χ0) is 30.3. The predicted molar refractivity (Wildman–Crippen MR) is 189 cm³/mol. The topological polar surface area (TPSA) is 22.1 Å². The molecule has 4 rings (SSSR count). The summed E-state index contributed by atoms with van der Waals surface area (Å²) in [6.07, 6.45) is 12.1. The highest BCUT2D eigenvalue weighted by Gasteiger charge is 2.09. The van der Waals surface area contributed by atoms with Crippen LogP contribution in [0.5, 0.6) is 0 Å². The van der Waals surface area contributed by atoms with Crippen molar-refractivity contribution in [3.8, 4) is 0 Å². The standard InChI is InChI=1S/C39H44N4/c1-5-41(6-2)35-28-24-33(25-29-35)39(34-26-30-36(31-27-34)42(7-3)8-4)23-17-9-10-18-32-40-43(37-19-13-11-14-20-37)38-21-15-12-16-22-38/h9-32H,5-8H2,1-4H3. The Labute approximate surface area is 258 Å². The van der Waals surface area contributed by atoms with Gasteiger partial charge >= 0.3 is 0 Å². The molecule has 0 fully saturated rings. The van der Waals surface area contributed by atoms with Crippen LogP contribution in [-0.2, 0) is 0 Å². The van der Waals surface area contributed by atoms with Gasteiger partial charge in [0.25, 0.3) is 0 Å². The van der Waals surface area contributed by atoms with Gasteiger partial charge in [-0.2, -0.15) is 5.10 Å². The molecule has 0 aliphatic rings. The Morgan fingerprint density at radius 3 is 1.33 bits per heavy atom. The summed E-state index contributed by atoms with van der Waals surface area (Å²) in [6, 6.07) is 38.2. The Bertz CT molecular complexity index is 1380. The van der Waals surface area contributed by atoms with E-state index < -0.39 is 0 Å². The number of benzene rings is 4. The number of allylic oxidation sites excluding steroid dienone is 5. The highest BCUT2D eigenvalue weighted by atomic mass is 15.5. The smallest absolute Gasteiger partial charge is 0.0652 e. The average Bonchev–Trinajstić information content (AvgIpc) is 3.07. The van der Waals surface area contributed by atoms with Crippen LogP contribution in [0.25, 0.3) is 5.57 Å². The Kier molecular flexibility index (Phi) is 12.0. The van der Waals surface area contributed by atoms with Crippen LogP contribution in [-0.4, -0.2) is 32.4 Å². The molecule has 0 aliphatic heterocycles. The Hall–Kier alpha value is -4.83. The summed E-state index contributed by atoms with van der Waals surface area (Å²) in [7, 11) is 0. The van der Waals surface area contributed by atoms with Crippen molar-refractivity contribution in [2.24, 2.45) is 5.10 Å². The van der Waals surface area contributed by atoms with E-state index in [0.29, 0.717) is 0 Å². The molecule has 0 aliphatic carbocycles. The van der Waals surface area contributed by atoms with Crippen LogP contribution in [0.2, 0.25) is 0 Å². The van der Waals surface area contributed by atoms with Gasteiger partial charge in [-0.05, 0) is 99.0 Å². The summed E-state index contributed by atoms with van der Waals surface area (Å²) in [5.74, 6) is 0. The summed E-state index contributed by atoms with van der Waals surface area (Å²) in [5, 5.41) is 6.67. The third-order valence-electron chi connectivity index (χ3n) is 7.48. The van der Waals surface area contributed by atoms with E-state index >= 15 is 0 Å². The zero-order valence-corrected chi connectivity index (χ0v) is 26.0. The summed E-state index contributed by atoms with van der Waals surface area (Å²) in [6.45, 7) is 12.8. The number of nitrogens with zero attached hydrogens (tertiary/aromatic N) is 4. The first-order valence-electron chi connectivity index (χ1n) is 15.4. The lowest BCUT2D eigenvalue weighted by Crippen LogP contribution is -2.21. The van der Waals surface area contributed by atoms with E-state index in [1.165, 1.54) is 28.1 Å². The van der Waals surface area contributed by atoms with Crippen molar-refractivity contribution in [1.29, 1.82) is 0 Å². The van der Waals surface area contributed by atoms with Crippen LogP contribution < -0.4 is 14.8 Å². The molecule has 4 aromatic rings. The fourth-order valence-corrected chi connectivity index (χ4v) is 5.10. The molecule has 0 bridgehead atoms. The summed E-state index contributed by atoms with van der Waals surface area (Å²) < 4.78 is 0. The van der Waals surface area contributed by atoms with E-state index in [1.54, 1.807) is 0 Å². The molecule has 4 aromatic carbocycles. The van der Waals surface area contributed by atoms with E-state index in [0.717, 1.165) is 37.6 Å². The molecule has 43 heavy (non-hydrogen) atoms. The number of anilines is 4. The van der Waals surface area contributed by atoms with Gasteiger partial charge in [0.1, 0.15) is 0 Å². The molecule has 4 heteroatoms. The van der Waals surface area contributed by atoms with Crippen molar-refractivity contribution >= 4 is 34.5 Å². The molecule has 0 heterocycles. The maximum Gasteiger partial charge on any atom is 0.0652 e. The quantitative estimate of drug-likeness (QED) is 0.0859. The maximum atomic E-state index is 4.73. The molecule has 0 saturated heterocycles. The van der Waals surface area contributed by atoms with Gasteiger partial charge in [0, 0.05) is 43.8 Å². The van der Waals surface area contributed by atoms with Gasteiger partial charge in [0.15, 0.2) is 0 Å². The minimum absolute atomic E-state index is 0.998. The molecule has 0 N–H and O–H groups in total. The van der Waals surface area contributed by atoms with Crippen molar-refractivity contribution < 1.29 is 0 Å². The van der Waals surface area contributed by atoms with Gasteiger partial charge in [-0.3, -0.25) is 0 Å². The highest BCUT2D eigenvalue weighted by Crippen LogP contribution is 2.28. The number of hydrogen-bond donors (Lipinski definition) is 0. The molecule has 0 atom stereocenters. The second-order valence-corrected chi connectivity index (χ2v) is 10.0. The molecule has 0 radical (unpaired) electrons. The van der Waals surface area contributed by atoms with Crippen molar-refractivity contribution in [1.82, 2.24) is 0 Å². The Morgan fingerprint density at radius 2 is 0.907 bits per heavy atom. The van der Waals surface area contributed by atoms with Crippen molar-refractivity contribution in [2.75, 3.05) is 41.0 Å². The molecule has 0 spiro atoms. The van der Waals surface area contributed by atoms with Crippen LogP contribution in [0.3, 0.4) is 0 Å². The van der Waals surface area contributed by atoms with E-state index in [-0.39, 0.29) is 0 Å². The van der Waals surface area contributed by atoms with Gasteiger partial charge < -0.3 is 9.80 Å². The minimum Gasteiger partial charge on any atom is -0.372 e. The van der Waals surface area contributed by atoms with Crippen LogP contribution in [0.1, 0.15) is 38.8 Å². The van der Waals surface area contributed by atoms with E-state index in [4.69, 9.17) is 5.10 Å². The first-order valence-corrected chi connectivity index (χ1v) is 15.4. The molecular weight excluding hydrogens is 524 g/mol. The molecule has 220 valence electrons. The van der Waals surface area contributed by atoms with Gasteiger partial charge in [0.2, 0.25) is 0 Å². The van der Waals surface area contributed by atoms with Crippen LogP contribution in [0.4, 0.5) is 22.7 Å². The highest BCUT2D eigenvalue weighted by molar-refractivity contribution is 5.82. The molecule has 0 aromatic heterocycles. The number of para-hydroxylation sites is 2. The predicted octanol–water partition coefficient (Wildman–Crippen LogP) is 9.75. The molecule has 0 unspecified atom stereocenters. The second-order valence-electron chi connectivity index (χ2n) is 10.0. The normalized spacial score (nSPS) is 11.3. The number of hydrogen-bond acceptors (Lipinski definition) is 4. The molecule has 0 amide bonds. The fourth-order valence-electron chi connectivity index (χ4n) is 5.10. The SMILES string of the molecule is CCN(CC)c1ccc(C(=CC=CC=CC=NN(c2ccccc2)c2ccccc2)c2ccc(N(CC)CC)cc2)cc1. The summed E-state index contributed by atoms with van der Waals surface area (Å²) >= 11 is 0. The lowest BCUT2D eigenvalue weighted by atomic mass is 9.96. The largest absolute Gasteiger partial charge is 0.372 e. The van der Waals surface area contributed by atoms with Gasteiger partial charge in [-0.1, -0.05) is 85.0 Å². The number of rotatable bonds is 14. The van der Waals surface area contributed by atoms with Crippen LogP contribution >= 0.6 is 0 Å². The van der Waals surface area contributed by atoms with Crippen molar-refractivity contribution in [3.05, 3.63) is 151 Å². The third-order valence-corrected chi connectivity index (χ3v) is 7.48. The monoisotopic (exact) mass is 568 g/mol. The molecule has 4 nitrogen and oxygen atoms in total.